The Morgan fingerprint density at radius 1 is 0.920 bits per heavy atom. The Bertz CT molecular complexity index is 754. The minimum absolute atomic E-state index is 0.0689. The van der Waals surface area contributed by atoms with Gasteiger partial charge in [0.1, 0.15) is 6.10 Å². The first-order valence-electron chi connectivity index (χ1n) is 8.72. The second-order valence-electron chi connectivity index (χ2n) is 6.41. The molecule has 3 rings (SSSR count). The molecule has 0 amide bonds. The van der Waals surface area contributed by atoms with E-state index in [2.05, 4.69) is 26.0 Å². The lowest BCUT2D eigenvalue weighted by Gasteiger charge is -2.18. The van der Waals surface area contributed by atoms with E-state index >= 15 is 0 Å². The van der Waals surface area contributed by atoms with Crippen LogP contribution in [0.1, 0.15) is 49.0 Å². The first kappa shape index (κ1) is 17.5. The van der Waals surface area contributed by atoms with E-state index in [-0.39, 0.29) is 12.0 Å². The van der Waals surface area contributed by atoms with Crippen molar-refractivity contribution in [3.63, 3.8) is 0 Å². The fraction of sp³-hybridized carbons (Fsp3) is 0.429. The molecular formula is C21H26O4. The standard InChI is InChI=1S/C21H26O4/c1-6-7-14-10-16-13(2)20(25-21(16)19(11-14)24-5)15-8-9-17(22-3)18(12-15)23-4/h8-13,20H,6-7H2,1-5H3/t13-,20+/m0/s1. The van der Waals surface area contributed by atoms with E-state index in [4.69, 9.17) is 18.9 Å². The maximum absolute atomic E-state index is 6.31. The smallest absolute Gasteiger partial charge is 0.165 e. The number of hydrogen-bond acceptors (Lipinski definition) is 4. The molecule has 1 heterocycles. The molecule has 1 aliphatic rings. The van der Waals surface area contributed by atoms with E-state index in [0.717, 1.165) is 35.7 Å². The average Bonchev–Trinajstić information content (AvgIpc) is 2.97. The zero-order valence-corrected chi connectivity index (χ0v) is 15.6. The molecule has 4 heteroatoms. The van der Waals surface area contributed by atoms with Crippen LogP contribution in [0, 0.1) is 0 Å². The molecule has 0 bridgehead atoms. The molecule has 0 unspecified atom stereocenters. The first-order valence-corrected chi connectivity index (χ1v) is 8.72. The number of aryl methyl sites for hydroxylation is 1. The van der Waals surface area contributed by atoms with E-state index in [1.54, 1.807) is 21.3 Å². The Morgan fingerprint density at radius 3 is 2.28 bits per heavy atom. The Morgan fingerprint density at radius 2 is 1.64 bits per heavy atom. The molecule has 0 saturated carbocycles. The lowest BCUT2D eigenvalue weighted by atomic mass is 9.91. The van der Waals surface area contributed by atoms with Crippen LogP contribution < -0.4 is 18.9 Å². The van der Waals surface area contributed by atoms with Crippen molar-refractivity contribution in [1.29, 1.82) is 0 Å². The van der Waals surface area contributed by atoms with Crippen LogP contribution in [0.3, 0.4) is 0 Å². The summed E-state index contributed by atoms with van der Waals surface area (Å²) in [7, 11) is 4.99. The van der Waals surface area contributed by atoms with Gasteiger partial charge in [0.2, 0.25) is 0 Å². The van der Waals surface area contributed by atoms with Crippen LogP contribution in [0.15, 0.2) is 30.3 Å². The van der Waals surface area contributed by atoms with Gasteiger partial charge in [0.25, 0.3) is 0 Å². The molecule has 2 aromatic rings. The SMILES string of the molecule is CCCc1cc(OC)c2c(c1)[C@H](C)[C@H](c1ccc(OC)c(OC)c1)O2. The van der Waals surface area contributed by atoms with Crippen LogP contribution in [-0.2, 0) is 6.42 Å². The highest BCUT2D eigenvalue weighted by atomic mass is 16.5. The van der Waals surface area contributed by atoms with Gasteiger partial charge in [-0.3, -0.25) is 0 Å². The number of benzene rings is 2. The predicted molar refractivity (Wildman–Crippen MR) is 98.3 cm³/mol. The van der Waals surface area contributed by atoms with E-state index in [1.807, 2.05) is 18.2 Å². The highest BCUT2D eigenvalue weighted by Crippen LogP contribution is 2.51. The molecule has 4 nitrogen and oxygen atoms in total. The van der Waals surface area contributed by atoms with E-state index in [9.17, 15) is 0 Å². The molecular weight excluding hydrogens is 316 g/mol. The zero-order chi connectivity index (χ0) is 18.0. The maximum Gasteiger partial charge on any atom is 0.165 e. The molecule has 1 aliphatic heterocycles. The number of fused-ring (bicyclic) bond motifs is 1. The Labute approximate surface area is 149 Å². The molecule has 0 N–H and O–H groups in total. The number of methoxy groups -OCH3 is 3. The summed E-state index contributed by atoms with van der Waals surface area (Å²) in [5.74, 6) is 3.34. The van der Waals surface area contributed by atoms with Gasteiger partial charge in [0.15, 0.2) is 23.0 Å². The topological polar surface area (TPSA) is 36.9 Å². The molecule has 2 atom stereocenters. The van der Waals surface area contributed by atoms with Crippen molar-refractivity contribution in [3.05, 3.63) is 47.0 Å². The Hall–Kier alpha value is -2.36. The third-order valence-electron chi connectivity index (χ3n) is 4.83. The second kappa shape index (κ2) is 7.26. The van der Waals surface area contributed by atoms with Gasteiger partial charge in [-0.2, -0.15) is 0 Å². The maximum atomic E-state index is 6.31. The first-order chi connectivity index (χ1) is 12.1. The van der Waals surface area contributed by atoms with Crippen molar-refractivity contribution in [3.8, 4) is 23.0 Å². The van der Waals surface area contributed by atoms with Gasteiger partial charge in [-0.05, 0) is 35.7 Å². The summed E-state index contributed by atoms with van der Waals surface area (Å²) < 4.78 is 22.7. The highest BCUT2D eigenvalue weighted by molar-refractivity contribution is 5.55. The van der Waals surface area contributed by atoms with E-state index in [1.165, 1.54) is 11.1 Å². The molecule has 0 spiro atoms. The highest BCUT2D eigenvalue weighted by Gasteiger charge is 2.35. The minimum atomic E-state index is -0.0689. The average molecular weight is 342 g/mol. The number of rotatable bonds is 6. The summed E-state index contributed by atoms with van der Waals surface area (Å²) in [5.41, 5.74) is 3.57. The van der Waals surface area contributed by atoms with Gasteiger partial charge in [-0.1, -0.05) is 32.4 Å². The van der Waals surface area contributed by atoms with Crippen molar-refractivity contribution in [2.75, 3.05) is 21.3 Å². The zero-order valence-electron chi connectivity index (χ0n) is 15.6. The minimum Gasteiger partial charge on any atom is -0.493 e. The largest absolute Gasteiger partial charge is 0.493 e. The van der Waals surface area contributed by atoms with Crippen LogP contribution in [0.5, 0.6) is 23.0 Å². The summed E-state index contributed by atoms with van der Waals surface area (Å²) in [4.78, 5) is 0. The lowest BCUT2D eigenvalue weighted by Crippen LogP contribution is -2.07. The molecule has 0 aromatic heterocycles. The van der Waals surface area contributed by atoms with Gasteiger partial charge < -0.3 is 18.9 Å². The van der Waals surface area contributed by atoms with Crippen molar-refractivity contribution in [1.82, 2.24) is 0 Å². The van der Waals surface area contributed by atoms with Gasteiger partial charge >= 0.3 is 0 Å². The van der Waals surface area contributed by atoms with Gasteiger partial charge in [-0.25, -0.2) is 0 Å². The fourth-order valence-corrected chi connectivity index (χ4v) is 3.51. The Kier molecular flexibility index (Phi) is 5.07. The van der Waals surface area contributed by atoms with Crippen molar-refractivity contribution < 1.29 is 18.9 Å². The molecule has 0 radical (unpaired) electrons. The predicted octanol–water partition coefficient (Wildman–Crippen LogP) is 4.90. The molecule has 0 fully saturated rings. The van der Waals surface area contributed by atoms with Crippen LogP contribution in [0.2, 0.25) is 0 Å². The van der Waals surface area contributed by atoms with Gasteiger partial charge in [-0.15, -0.1) is 0 Å². The monoisotopic (exact) mass is 342 g/mol. The summed E-state index contributed by atoms with van der Waals surface area (Å²) in [6.45, 7) is 4.38. The van der Waals surface area contributed by atoms with Gasteiger partial charge in [0.05, 0.1) is 21.3 Å². The molecule has 0 saturated heterocycles. The van der Waals surface area contributed by atoms with Crippen LogP contribution >= 0.6 is 0 Å². The van der Waals surface area contributed by atoms with Crippen LogP contribution in [-0.4, -0.2) is 21.3 Å². The summed E-state index contributed by atoms with van der Waals surface area (Å²) >= 11 is 0. The van der Waals surface area contributed by atoms with Gasteiger partial charge in [0, 0.05) is 11.5 Å². The lowest BCUT2D eigenvalue weighted by molar-refractivity contribution is 0.207. The number of hydrogen-bond donors (Lipinski definition) is 0. The molecule has 0 aliphatic carbocycles. The summed E-state index contributed by atoms with van der Waals surface area (Å²) in [5, 5.41) is 0. The molecule has 2 aromatic carbocycles. The quantitative estimate of drug-likeness (QED) is 0.748. The third kappa shape index (κ3) is 3.13. The third-order valence-corrected chi connectivity index (χ3v) is 4.83. The van der Waals surface area contributed by atoms with E-state index < -0.39 is 0 Å². The van der Waals surface area contributed by atoms with Crippen LogP contribution in [0.4, 0.5) is 0 Å². The van der Waals surface area contributed by atoms with Crippen molar-refractivity contribution in [2.45, 2.75) is 38.7 Å². The van der Waals surface area contributed by atoms with E-state index in [0.29, 0.717) is 5.75 Å². The Balaban J connectivity index is 1.98. The van der Waals surface area contributed by atoms with Crippen molar-refractivity contribution >= 4 is 0 Å². The summed E-state index contributed by atoms with van der Waals surface area (Å²) in [6.07, 6.45) is 2.08. The fourth-order valence-electron chi connectivity index (χ4n) is 3.51. The molecule has 25 heavy (non-hydrogen) atoms. The number of ether oxygens (including phenoxy) is 4. The van der Waals surface area contributed by atoms with Crippen molar-refractivity contribution in [2.24, 2.45) is 0 Å². The summed E-state index contributed by atoms with van der Waals surface area (Å²) in [6, 6.07) is 10.3. The van der Waals surface area contributed by atoms with Crippen LogP contribution in [0.25, 0.3) is 0 Å². The second-order valence-corrected chi connectivity index (χ2v) is 6.41. The normalized spacial score (nSPS) is 18.4. The molecule has 134 valence electrons.